The van der Waals surface area contributed by atoms with Gasteiger partial charge in [-0.2, -0.15) is 0 Å². The third-order valence-electron chi connectivity index (χ3n) is 2.69. The van der Waals surface area contributed by atoms with Gasteiger partial charge in [0, 0.05) is 19.8 Å². The number of alkyl carbamates (subject to hydrolysis) is 1. The third-order valence-corrected chi connectivity index (χ3v) is 5.97. The highest BCUT2D eigenvalue weighted by atomic mass is 28.4. The summed E-state index contributed by atoms with van der Waals surface area (Å²) in [6, 6.07) is 0. The average molecular weight is 321 g/mol. The molecule has 1 amide bonds. The Hall–Kier alpha value is -1.00. The Balaban J connectivity index is 2.62. The van der Waals surface area contributed by atoms with Crippen molar-refractivity contribution < 1.29 is 32.3 Å². The van der Waals surface area contributed by atoms with Gasteiger partial charge in [-0.15, -0.1) is 0 Å². The number of carbonyl (C=O) groups excluding carboxylic acids is 2. The summed E-state index contributed by atoms with van der Waals surface area (Å²) in [5.74, 6) is -0.698. The maximum absolute atomic E-state index is 11.7. The second kappa shape index (κ2) is 8.44. The number of rotatable bonds is 9. The van der Waals surface area contributed by atoms with E-state index in [-0.39, 0.29) is 6.61 Å². The Morgan fingerprint density at radius 1 is 1.19 bits per heavy atom. The number of epoxide rings is 1. The van der Waals surface area contributed by atoms with Crippen molar-refractivity contribution in [3.63, 3.8) is 0 Å². The molecule has 0 bridgehead atoms. The molecule has 0 aliphatic carbocycles. The summed E-state index contributed by atoms with van der Waals surface area (Å²) in [5, 5.41) is 2.54. The van der Waals surface area contributed by atoms with Gasteiger partial charge < -0.3 is 28.1 Å². The molecule has 1 saturated heterocycles. The maximum Gasteiger partial charge on any atom is 0.524 e. The van der Waals surface area contributed by atoms with Gasteiger partial charge in [0.15, 0.2) is 6.10 Å². The molecule has 1 aliphatic heterocycles. The van der Waals surface area contributed by atoms with E-state index in [1.165, 1.54) is 0 Å². The second-order valence-corrected chi connectivity index (χ2v) is 7.24. The standard InChI is InChI=1S/C12H23NO7Si/c1-5-17-21(18-6-2,19-7-3)9(4)13-12(15)20-11(14)10-8-16-10/h9-10H,5-8H2,1-4H3,(H,13,15). The van der Waals surface area contributed by atoms with Crippen molar-refractivity contribution in [2.24, 2.45) is 0 Å². The van der Waals surface area contributed by atoms with Crippen LogP contribution in [0.25, 0.3) is 0 Å². The minimum absolute atomic E-state index is 0.289. The van der Waals surface area contributed by atoms with Gasteiger partial charge in [-0.1, -0.05) is 0 Å². The molecule has 0 spiro atoms. The van der Waals surface area contributed by atoms with Gasteiger partial charge in [0.1, 0.15) is 0 Å². The van der Waals surface area contributed by atoms with Gasteiger partial charge in [-0.05, 0) is 27.7 Å². The lowest BCUT2D eigenvalue weighted by atomic mass is 10.5. The first kappa shape index (κ1) is 18.0. The summed E-state index contributed by atoms with van der Waals surface area (Å²) >= 11 is 0. The van der Waals surface area contributed by atoms with E-state index in [0.29, 0.717) is 19.8 Å². The smallest absolute Gasteiger partial charge is 0.374 e. The Morgan fingerprint density at radius 2 is 1.67 bits per heavy atom. The predicted molar refractivity (Wildman–Crippen MR) is 74.5 cm³/mol. The van der Waals surface area contributed by atoms with E-state index >= 15 is 0 Å². The SMILES string of the molecule is CCO[Si](OCC)(OCC)C(C)NC(=O)OC(=O)C1CO1. The van der Waals surface area contributed by atoms with Gasteiger partial charge in [0.05, 0.1) is 12.3 Å². The number of esters is 1. The average Bonchev–Trinajstić information content (AvgIpc) is 3.23. The molecule has 122 valence electrons. The normalized spacial score (nSPS) is 19.0. The van der Waals surface area contributed by atoms with E-state index in [0.717, 1.165) is 0 Å². The van der Waals surface area contributed by atoms with Crippen LogP contribution in [-0.4, -0.2) is 59.1 Å². The Kier molecular flexibility index (Phi) is 7.25. The first-order chi connectivity index (χ1) is 9.99. The Labute approximate surface area is 125 Å². The van der Waals surface area contributed by atoms with Crippen LogP contribution in [0.4, 0.5) is 4.79 Å². The van der Waals surface area contributed by atoms with Gasteiger partial charge in [-0.25, -0.2) is 9.59 Å². The summed E-state index contributed by atoms with van der Waals surface area (Å²) in [6.07, 6.45) is -1.49. The maximum atomic E-state index is 11.7. The van der Waals surface area contributed by atoms with Crippen molar-refractivity contribution in [2.75, 3.05) is 26.4 Å². The fourth-order valence-corrected chi connectivity index (χ4v) is 4.24. The van der Waals surface area contributed by atoms with E-state index in [1.54, 1.807) is 6.92 Å². The Morgan fingerprint density at radius 3 is 2.05 bits per heavy atom. The summed E-state index contributed by atoms with van der Waals surface area (Å²) in [5.41, 5.74) is -0.544. The van der Waals surface area contributed by atoms with Crippen LogP contribution >= 0.6 is 0 Å². The first-order valence-corrected chi connectivity index (χ1v) is 8.84. The monoisotopic (exact) mass is 321 g/mol. The van der Waals surface area contributed by atoms with Gasteiger partial charge in [0.2, 0.25) is 0 Å². The molecule has 1 N–H and O–H groups in total. The number of hydrogen-bond acceptors (Lipinski definition) is 7. The molecule has 0 radical (unpaired) electrons. The molecule has 1 aliphatic rings. The topological polar surface area (TPSA) is 95.6 Å². The Bertz CT molecular complexity index is 344. The number of nitrogens with one attached hydrogen (secondary N) is 1. The molecular formula is C12H23NO7Si. The first-order valence-electron chi connectivity index (χ1n) is 7.04. The molecule has 0 aromatic heterocycles. The van der Waals surface area contributed by atoms with Crippen LogP contribution in [0.15, 0.2) is 0 Å². The minimum Gasteiger partial charge on any atom is -0.374 e. The highest BCUT2D eigenvalue weighted by molar-refractivity contribution is 6.62. The van der Waals surface area contributed by atoms with Crippen molar-refractivity contribution in [3.8, 4) is 0 Å². The molecule has 1 rings (SSSR count). The molecule has 9 heteroatoms. The van der Waals surface area contributed by atoms with Crippen molar-refractivity contribution in [1.82, 2.24) is 5.32 Å². The summed E-state index contributed by atoms with van der Waals surface area (Å²) in [7, 11) is -3.08. The van der Waals surface area contributed by atoms with Crippen molar-refractivity contribution in [2.45, 2.75) is 39.5 Å². The zero-order valence-corrected chi connectivity index (χ0v) is 13.8. The fraction of sp³-hybridized carbons (Fsp3) is 0.833. The molecule has 8 nitrogen and oxygen atoms in total. The molecular weight excluding hydrogens is 298 g/mol. The van der Waals surface area contributed by atoms with Crippen molar-refractivity contribution in [3.05, 3.63) is 0 Å². The summed E-state index contributed by atoms with van der Waals surface area (Å²) in [4.78, 5) is 23.0. The molecule has 0 aromatic rings. The number of ether oxygens (including phenoxy) is 2. The van der Waals surface area contributed by atoms with Crippen LogP contribution in [0.5, 0.6) is 0 Å². The molecule has 2 atom stereocenters. The fourth-order valence-electron chi connectivity index (χ4n) is 1.74. The van der Waals surface area contributed by atoms with Crippen LogP contribution < -0.4 is 5.32 Å². The predicted octanol–water partition coefficient (Wildman–Crippen LogP) is 0.614. The number of hydrogen-bond donors (Lipinski definition) is 1. The van der Waals surface area contributed by atoms with Crippen LogP contribution in [0.1, 0.15) is 27.7 Å². The van der Waals surface area contributed by atoms with Crippen LogP contribution in [0.2, 0.25) is 0 Å². The minimum atomic E-state index is -3.08. The van der Waals surface area contributed by atoms with E-state index in [9.17, 15) is 9.59 Å². The van der Waals surface area contributed by atoms with Crippen LogP contribution in [0, 0.1) is 0 Å². The van der Waals surface area contributed by atoms with Crippen molar-refractivity contribution >= 4 is 20.9 Å². The van der Waals surface area contributed by atoms with Gasteiger partial charge in [-0.3, -0.25) is 0 Å². The lowest BCUT2D eigenvalue weighted by Gasteiger charge is -2.33. The number of carbonyl (C=O) groups is 2. The molecule has 0 aromatic carbocycles. The van der Waals surface area contributed by atoms with Gasteiger partial charge in [0.25, 0.3) is 0 Å². The lowest BCUT2D eigenvalue weighted by Crippen LogP contribution is -2.62. The van der Waals surface area contributed by atoms with E-state index in [1.807, 2.05) is 20.8 Å². The number of amides is 1. The molecule has 21 heavy (non-hydrogen) atoms. The van der Waals surface area contributed by atoms with Crippen LogP contribution in [-0.2, 0) is 27.5 Å². The van der Waals surface area contributed by atoms with Gasteiger partial charge >= 0.3 is 20.9 Å². The molecule has 2 unspecified atom stereocenters. The second-order valence-electron chi connectivity index (χ2n) is 4.30. The largest absolute Gasteiger partial charge is 0.524 e. The quantitative estimate of drug-likeness (QED) is 0.288. The van der Waals surface area contributed by atoms with E-state index in [2.05, 4.69) is 10.1 Å². The molecule has 0 saturated carbocycles. The van der Waals surface area contributed by atoms with E-state index in [4.69, 9.17) is 18.0 Å². The highest BCUT2D eigenvalue weighted by Crippen LogP contribution is 2.16. The van der Waals surface area contributed by atoms with Crippen LogP contribution in [0.3, 0.4) is 0 Å². The summed E-state index contributed by atoms with van der Waals surface area (Å²) < 4.78 is 26.3. The lowest BCUT2D eigenvalue weighted by molar-refractivity contribution is -0.138. The van der Waals surface area contributed by atoms with E-state index < -0.39 is 32.6 Å². The van der Waals surface area contributed by atoms with Crippen molar-refractivity contribution in [1.29, 1.82) is 0 Å². The highest BCUT2D eigenvalue weighted by Gasteiger charge is 2.48. The zero-order valence-electron chi connectivity index (χ0n) is 12.8. The zero-order chi connectivity index (χ0) is 15.9. The summed E-state index contributed by atoms with van der Waals surface area (Å²) in [6.45, 7) is 8.62. The molecule has 1 heterocycles. The molecule has 1 fully saturated rings. The third kappa shape index (κ3) is 5.36.